The van der Waals surface area contributed by atoms with E-state index in [1.165, 1.54) is 14.0 Å². The summed E-state index contributed by atoms with van der Waals surface area (Å²) in [5.74, 6) is -1.49. The van der Waals surface area contributed by atoms with E-state index in [2.05, 4.69) is 10.6 Å². The van der Waals surface area contributed by atoms with Gasteiger partial charge in [0.1, 0.15) is 11.5 Å². The molecule has 2 amide bonds. The van der Waals surface area contributed by atoms with Crippen LogP contribution in [0.1, 0.15) is 20.8 Å². The molecule has 2 N–H and O–H groups in total. The standard InChI is InChI=1S/C9H15N3O2/c1-6(5-10)7(13)12-9(2,3)8(14)11-4/h6H,1-4H3,(H,11,14)(H,12,13). The first-order valence-corrected chi connectivity index (χ1v) is 4.29. The first-order valence-electron chi connectivity index (χ1n) is 4.29. The Kier molecular flexibility index (Phi) is 4.09. The molecule has 5 heteroatoms. The molecular formula is C9H15N3O2. The van der Waals surface area contributed by atoms with Crippen LogP contribution in [0.4, 0.5) is 0 Å². The second-order valence-electron chi connectivity index (χ2n) is 3.54. The lowest BCUT2D eigenvalue weighted by Crippen LogP contribution is -2.55. The molecule has 0 aromatic carbocycles. The van der Waals surface area contributed by atoms with Crippen LogP contribution in [0, 0.1) is 17.2 Å². The summed E-state index contributed by atoms with van der Waals surface area (Å²) in [6.45, 7) is 4.64. The largest absolute Gasteiger partial charge is 0.357 e. The number of carbonyl (C=O) groups is 2. The lowest BCUT2D eigenvalue weighted by atomic mass is 10.0. The highest BCUT2D eigenvalue weighted by Crippen LogP contribution is 2.04. The molecular weight excluding hydrogens is 182 g/mol. The van der Waals surface area contributed by atoms with E-state index in [0.717, 1.165) is 0 Å². The highest BCUT2D eigenvalue weighted by Gasteiger charge is 2.29. The van der Waals surface area contributed by atoms with E-state index in [4.69, 9.17) is 5.26 Å². The smallest absolute Gasteiger partial charge is 0.244 e. The van der Waals surface area contributed by atoms with Crippen molar-refractivity contribution in [3.8, 4) is 6.07 Å². The molecule has 78 valence electrons. The Balaban J connectivity index is 4.45. The van der Waals surface area contributed by atoms with Gasteiger partial charge in [-0.15, -0.1) is 0 Å². The zero-order valence-electron chi connectivity index (χ0n) is 8.84. The number of nitrogens with zero attached hydrogens (tertiary/aromatic N) is 1. The van der Waals surface area contributed by atoms with E-state index in [1.54, 1.807) is 19.9 Å². The molecule has 0 fully saturated rings. The van der Waals surface area contributed by atoms with Crippen LogP contribution in [0.15, 0.2) is 0 Å². The zero-order valence-corrected chi connectivity index (χ0v) is 8.84. The molecule has 0 aromatic heterocycles. The van der Waals surface area contributed by atoms with Crippen LogP contribution < -0.4 is 10.6 Å². The molecule has 0 radical (unpaired) electrons. The lowest BCUT2D eigenvalue weighted by Gasteiger charge is -2.24. The molecule has 0 aromatic rings. The van der Waals surface area contributed by atoms with Crippen LogP contribution in [0.3, 0.4) is 0 Å². The zero-order chi connectivity index (χ0) is 11.4. The van der Waals surface area contributed by atoms with Gasteiger partial charge in [0.2, 0.25) is 11.8 Å². The maximum absolute atomic E-state index is 11.3. The third-order valence-corrected chi connectivity index (χ3v) is 1.82. The van der Waals surface area contributed by atoms with Gasteiger partial charge in [0.25, 0.3) is 0 Å². The predicted octanol–water partition coefficient (Wildman–Crippen LogP) is -0.213. The lowest BCUT2D eigenvalue weighted by molar-refractivity contribution is -0.132. The van der Waals surface area contributed by atoms with Gasteiger partial charge >= 0.3 is 0 Å². The summed E-state index contributed by atoms with van der Waals surface area (Å²) in [6.07, 6.45) is 0. The van der Waals surface area contributed by atoms with Crippen molar-refractivity contribution >= 4 is 11.8 Å². The SMILES string of the molecule is CNC(=O)C(C)(C)NC(=O)C(C)C#N. The molecule has 0 saturated heterocycles. The number of amides is 2. The Hall–Kier alpha value is -1.57. The highest BCUT2D eigenvalue weighted by molar-refractivity contribution is 5.91. The monoisotopic (exact) mass is 197 g/mol. The number of hydrogen-bond donors (Lipinski definition) is 2. The average molecular weight is 197 g/mol. The summed E-state index contributed by atoms with van der Waals surface area (Å²) in [6, 6.07) is 1.80. The van der Waals surface area contributed by atoms with Crippen molar-refractivity contribution in [3.63, 3.8) is 0 Å². The van der Waals surface area contributed by atoms with E-state index in [9.17, 15) is 9.59 Å². The number of likely N-dealkylation sites (N-methyl/N-ethyl adjacent to an activating group) is 1. The normalized spacial score (nSPS) is 12.5. The van der Waals surface area contributed by atoms with Gasteiger partial charge in [-0.05, 0) is 20.8 Å². The van der Waals surface area contributed by atoms with Gasteiger partial charge in [-0.25, -0.2) is 0 Å². The van der Waals surface area contributed by atoms with E-state index in [1.807, 2.05) is 0 Å². The maximum Gasteiger partial charge on any atom is 0.244 e. The number of hydrogen-bond acceptors (Lipinski definition) is 3. The molecule has 0 aliphatic carbocycles. The average Bonchev–Trinajstić information content (AvgIpc) is 2.14. The fourth-order valence-corrected chi connectivity index (χ4v) is 0.844. The van der Waals surface area contributed by atoms with Gasteiger partial charge in [0, 0.05) is 7.05 Å². The van der Waals surface area contributed by atoms with E-state index < -0.39 is 17.4 Å². The van der Waals surface area contributed by atoms with Crippen LogP contribution in [0.25, 0.3) is 0 Å². The van der Waals surface area contributed by atoms with Crippen LogP contribution in [-0.2, 0) is 9.59 Å². The molecule has 0 heterocycles. The summed E-state index contributed by atoms with van der Waals surface area (Å²) in [5, 5.41) is 13.4. The molecule has 1 atom stereocenters. The van der Waals surface area contributed by atoms with Crippen molar-refractivity contribution in [2.45, 2.75) is 26.3 Å². The number of nitriles is 1. The third-order valence-electron chi connectivity index (χ3n) is 1.82. The minimum atomic E-state index is -0.989. The Morgan fingerprint density at radius 3 is 2.29 bits per heavy atom. The Labute approximate surface area is 83.5 Å². The van der Waals surface area contributed by atoms with Gasteiger partial charge in [-0.3, -0.25) is 9.59 Å². The number of carbonyl (C=O) groups excluding carboxylic acids is 2. The minimum absolute atomic E-state index is 0.295. The van der Waals surface area contributed by atoms with Crippen molar-refractivity contribution < 1.29 is 9.59 Å². The van der Waals surface area contributed by atoms with Crippen LogP contribution in [0.2, 0.25) is 0 Å². The summed E-state index contributed by atoms with van der Waals surface area (Å²) >= 11 is 0. The van der Waals surface area contributed by atoms with Crippen molar-refractivity contribution in [2.75, 3.05) is 7.05 Å². The van der Waals surface area contributed by atoms with E-state index >= 15 is 0 Å². The maximum atomic E-state index is 11.3. The molecule has 1 unspecified atom stereocenters. The molecule has 0 aliphatic heterocycles. The third kappa shape index (κ3) is 3.05. The topological polar surface area (TPSA) is 82.0 Å². The quantitative estimate of drug-likeness (QED) is 0.656. The van der Waals surface area contributed by atoms with Gasteiger partial charge in [-0.2, -0.15) is 5.26 Å². The Bertz CT molecular complexity index is 278. The minimum Gasteiger partial charge on any atom is -0.357 e. The molecule has 14 heavy (non-hydrogen) atoms. The molecule has 0 saturated carbocycles. The predicted molar refractivity (Wildman–Crippen MR) is 51.1 cm³/mol. The van der Waals surface area contributed by atoms with Crippen LogP contribution >= 0.6 is 0 Å². The fraction of sp³-hybridized carbons (Fsp3) is 0.667. The summed E-state index contributed by atoms with van der Waals surface area (Å²) < 4.78 is 0. The Morgan fingerprint density at radius 1 is 1.43 bits per heavy atom. The fourth-order valence-electron chi connectivity index (χ4n) is 0.844. The molecule has 0 spiro atoms. The molecule has 0 rings (SSSR count). The van der Waals surface area contributed by atoms with Crippen molar-refractivity contribution in [1.29, 1.82) is 5.26 Å². The molecule has 5 nitrogen and oxygen atoms in total. The Morgan fingerprint density at radius 2 is 1.93 bits per heavy atom. The summed E-state index contributed by atoms with van der Waals surface area (Å²) in [5.41, 5.74) is -0.989. The first kappa shape index (κ1) is 12.4. The summed E-state index contributed by atoms with van der Waals surface area (Å²) in [4.78, 5) is 22.6. The van der Waals surface area contributed by atoms with Gasteiger partial charge < -0.3 is 10.6 Å². The number of rotatable bonds is 3. The highest BCUT2D eigenvalue weighted by atomic mass is 16.2. The second-order valence-corrected chi connectivity index (χ2v) is 3.54. The van der Waals surface area contributed by atoms with Gasteiger partial charge in [0.05, 0.1) is 6.07 Å². The van der Waals surface area contributed by atoms with E-state index in [0.29, 0.717) is 0 Å². The van der Waals surface area contributed by atoms with Crippen LogP contribution in [-0.4, -0.2) is 24.4 Å². The van der Waals surface area contributed by atoms with Gasteiger partial charge in [-0.1, -0.05) is 0 Å². The first-order chi connectivity index (χ1) is 6.35. The van der Waals surface area contributed by atoms with Crippen molar-refractivity contribution in [1.82, 2.24) is 10.6 Å². The van der Waals surface area contributed by atoms with Crippen molar-refractivity contribution in [2.24, 2.45) is 5.92 Å². The van der Waals surface area contributed by atoms with Crippen molar-refractivity contribution in [3.05, 3.63) is 0 Å². The molecule has 0 bridgehead atoms. The molecule has 0 aliphatic rings. The van der Waals surface area contributed by atoms with E-state index in [-0.39, 0.29) is 5.91 Å². The van der Waals surface area contributed by atoms with Crippen LogP contribution in [0.5, 0.6) is 0 Å². The summed E-state index contributed by atoms with van der Waals surface area (Å²) in [7, 11) is 1.49. The second kappa shape index (κ2) is 4.61. The number of nitrogens with one attached hydrogen (secondary N) is 2. The van der Waals surface area contributed by atoms with Gasteiger partial charge in [0.15, 0.2) is 0 Å².